The molecule has 0 bridgehead atoms. The minimum Gasteiger partial charge on any atom is -0.390 e. The monoisotopic (exact) mass is 366 g/mol. The molecule has 4 rings (SSSR count). The zero-order valence-corrected chi connectivity index (χ0v) is 14.2. The van der Waals surface area contributed by atoms with Crippen molar-refractivity contribution in [1.29, 1.82) is 0 Å². The Kier molecular flexibility index (Phi) is 3.43. The molecule has 0 atom stereocenters. The number of rotatable bonds is 2. The van der Waals surface area contributed by atoms with E-state index in [2.05, 4.69) is 46.3 Å². The third-order valence-corrected chi connectivity index (χ3v) is 4.58. The lowest BCUT2D eigenvalue weighted by molar-refractivity contribution is 0.276. The van der Waals surface area contributed by atoms with Gasteiger partial charge in [-0.2, -0.15) is 0 Å². The van der Waals surface area contributed by atoms with Crippen molar-refractivity contribution in [2.45, 2.75) is 13.5 Å². The number of fused-ring (bicyclic) bond motifs is 2. The molecule has 114 valence electrons. The van der Waals surface area contributed by atoms with E-state index in [1.807, 2.05) is 35.7 Å². The van der Waals surface area contributed by atoms with Crippen molar-refractivity contribution in [2.75, 3.05) is 0 Å². The van der Waals surface area contributed by atoms with Gasteiger partial charge >= 0.3 is 0 Å². The van der Waals surface area contributed by atoms with Crippen LogP contribution in [0.1, 0.15) is 11.3 Å². The third kappa shape index (κ3) is 2.35. The number of aliphatic hydroxyl groups excluding tert-OH is 1. The Bertz CT molecular complexity index is 1040. The van der Waals surface area contributed by atoms with Crippen molar-refractivity contribution < 1.29 is 5.11 Å². The first kappa shape index (κ1) is 14.4. The summed E-state index contributed by atoms with van der Waals surface area (Å²) in [4.78, 5) is 4.78. The fourth-order valence-electron chi connectivity index (χ4n) is 3.03. The first-order valence-corrected chi connectivity index (χ1v) is 8.24. The van der Waals surface area contributed by atoms with Gasteiger partial charge in [0.15, 0.2) is 0 Å². The number of aromatic nitrogens is 2. The van der Waals surface area contributed by atoms with E-state index in [9.17, 15) is 5.11 Å². The first-order valence-electron chi connectivity index (χ1n) is 7.44. The number of pyridine rings is 1. The van der Waals surface area contributed by atoms with Crippen LogP contribution in [0.3, 0.4) is 0 Å². The standard InChI is InChI=1S/C19H15BrN2O/c1-12-8-16(20)10-22-17(11-23)18(21-19(12)22)15-7-6-13-4-2-3-5-14(13)9-15/h2-10,23H,11H2,1H3. The van der Waals surface area contributed by atoms with Crippen molar-refractivity contribution in [3.63, 3.8) is 0 Å². The second kappa shape index (κ2) is 5.48. The molecule has 4 aromatic rings. The smallest absolute Gasteiger partial charge is 0.140 e. The second-order valence-electron chi connectivity index (χ2n) is 5.66. The van der Waals surface area contributed by atoms with Crippen LogP contribution in [-0.2, 0) is 6.61 Å². The number of nitrogens with zero attached hydrogens (tertiary/aromatic N) is 2. The molecule has 0 fully saturated rings. The van der Waals surface area contributed by atoms with Crippen LogP contribution < -0.4 is 0 Å². The number of hydrogen-bond acceptors (Lipinski definition) is 2. The summed E-state index contributed by atoms with van der Waals surface area (Å²) < 4.78 is 2.93. The fourth-order valence-corrected chi connectivity index (χ4v) is 3.58. The predicted molar refractivity (Wildman–Crippen MR) is 96.5 cm³/mol. The minimum absolute atomic E-state index is 0.0563. The lowest BCUT2D eigenvalue weighted by Crippen LogP contribution is -1.95. The maximum atomic E-state index is 9.89. The molecule has 1 N–H and O–H groups in total. The van der Waals surface area contributed by atoms with Crippen LogP contribution in [0.5, 0.6) is 0 Å². The van der Waals surface area contributed by atoms with Crippen molar-refractivity contribution in [3.8, 4) is 11.3 Å². The van der Waals surface area contributed by atoms with E-state index in [1.54, 1.807) is 0 Å². The Morgan fingerprint density at radius 3 is 2.65 bits per heavy atom. The van der Waals surface area contributed by atoms with Gasteiger partial charge in [0.05, 0.1) is 18.0 Å². The van der Waals surface area contributed by atoms with E-state index < -0.39 is 0 Å². The molecule has 2 aromatic heterocycles. The molecule has 0 aliphatic rings. The molecule has 0 radical (unpaired) electrons. The van der Waals surface area contributed by atoms with Gasteiger partial charge in [-0.05, 0) is 51.3 Å². The highest BCUT2D eigenvalue weighted by Gasteiger charge is 2.15. The number of imidazole rings is 1. The van der Waals surface area contributed by atoms with E-state index in [4.69, 9.17) is 4.98 Å². The third-order valence-electron chi connectivity index (χ3n) is 4.14. The Balaban J connectivity index is 2.01. The maximum absolute atomic E-state index is 9.89. The summed E-state index contributed by atoms with van der Waals surface area (Å²) >= 11 is 3.51. The Morgan fingerprint density at radius 1 is 1.09 bits per heavy atom. The van der Waals surface area contributed by atoms with Gasteiger partial charge < -0.3 is 5.11 Å². The fraction of sp³-hybridized carbons (Fsp3) is 0.105. The van der Waals surface area contributed by atoms with Crippen LogP contribution in [0.25, 0.3) is 27.7 Å². The summed E-state index contributed by atoms with van der Waals surface area (Å²) in [5.74, 6) is 0. The lowest BCUT2D eigenvalue weighted by atomic mass is 10.0. The number of benzene rings is 2. The Labute approximate surface area is 142 Å². The van der Waals surface area contributed by atoms with Crippen LogP contribution >= 0.6 is 15.9 Å². The average molecular weight is 367 g/mol. The SMILES string of the molecule is Cc1cc(Br)cn2c(CO)c(-c3ccc4ccccc4c3)nc12. The van der Waals surface area contributed by atoms with Gasteiger partial charge in [0.1, 0.15) is 5.65 Å². The lowest BCUT2D eigenvalue weighted by Gasteiger charge is -2.04. The Morgan fingerprint density at radius 2 is 1.87 bits per heavy atom. The number of halogens is 1. The number of hydrogen-bond donors (Lipinski definition) is 1. The molecular weight excluding hydrogens is 352 g/mol. The van der Waals surface area contributed by atoms with Crippen LogP contribution in [0.15, 0.2) is 59.2 Å². The van der Waals surface area contributed by atoms with Crippen LogP contribution in [-0.4, -0.2) is 14.5 Å². The summed E-state index contributed by atoms with van der Waals surface area (Å²) in [6.45, 7) is 1.97. The molecule has 0 saturated carbocycles. The molecule has 0 aliphatic heterocycles. The largest absolute Gasteiger partial charge is 0.390 e. The predicted octanol–water partition coefficient (Wildman–Crippen LogP) is 4.72. The average Bonchev–Trinajstić information content (AvgIpc) is 2.93. The van der Waals surface area contributed by atoms with Crippen molar-refractivity contribution in [3.05, 3.63) is 70.5 Å². The normalized spacial score (nSPS) is 11.4. The molecule has 2 heterocycles. The van der Waals surface area contributed by atoms with Crippen molar-refractivity contribution in [1.82, 2.24) is 9.38 Å². The summed E-state index contributed by atoms with van der Waals surface area (Å²) in [5.41, 5.74) is 4.60. The molecule has 0 saturated heterocycles. The molecule has 0 aliphatic carbocycles. The summed E-state index contributed by atoms with van der Waals surface area (Å²) in [6.07, 6.45) is 1.95. The number of aliphatic hydroxyl groups is 1. The van der Waals surface area contributed by atoms with Gasteiger partial charge in [0.25, 0.3) is 0 Å². The highest BCUT2D eigenvalue weighted by Crippen LogP contribution is 2.29. The summed E-state index contributed by atoms with van der Waals surface area (Å²) in [5, 5.41) is 12.3. The van der Waals surface area contributed by atoms with Gasteiger partial charge in [-0.1, -0.05) is 36.4 Å². The molecule has 23 heavy (non-hydrogen) atoms. The zero-order chi connectivity index (χ0) is 16.0. The summed E-state index contributed by atoms with van der Waals surface area (Å²) in [7, 11) is 0. The van der Waals surface area contributed by atoms with E-state index in [-0.39, 0.29) is 6.61 Å². The van der Waals surface area contributed by atoms with Crippen LogP contribution in [0.2, 0.25) is 0 Å². The minimum atomic E-state index is -0.0563. The van der Waals surface area contributed by atoms with Gasteiger partial charge in [0.2, 0.25) is 0 Å². The summed E-state index contributed by atoms with van der Waals surface area (Å²) in [6, 6.07) is 16.6. The second-order valence-corrected chi connectivity index (χ2v) is 6.58. The maximum Gasteiger partial charge on any atom is 0.140 e. The molecule has 0 spiro atoms. The number of aryl methyl sites for hydroxylation is 1. The zero-order valence-electron chi connectivity index (χ0n) is 12.6. The molecular formula is C19H15BrN2O. The highest BCUT2D eigenvalue weighted by molar-refractivity contribution is 9.10. The van der Waals surface area contributed by atoms with Gasteiger partial charge in [-0.3, -0.25) is 4.40 Å². The topological polar surface area (TPSA) is 37.5 Å². The molecule has 3 nitrogen and oxygen atoms in total. The highest BCUT2D eigenvalue weighted by atomic mass is 79.9. The molecule has 0 unspecified atom stereocenters. The first-order chi connectivity index (χ1) is 11.2. The van der Waals surface area contributed by atoms with Crippen LogP contribution in [0, 0.1) is 6.92 Å². The molecule has 0 amide bonds. The van der Waals surface area contributed by atoms with Gasteiger partial charge in [-0.25, -0.2) is 4.98 Å². The van der Waals surface area contributed by atoms with E-state index in [0.29, 0.717) is 0 Å². The quantitative estimate of drug-likeness (QED) is 0.557. The van der Waals surface area contributed by atoms with E-state index >= 15 is 0 Å². The van der Waals surface area contributed by atoms with Crippen molar-refractivity contribution in [2.24, 2.45) is 0 Å². The van der Waals surface area contributed by atoms with Gasteiger partial charge in [-0.15, -0.1) is 0 Å². The van der Waals surface area contributed by atoms with E-state index in [1.165, 1.54) is 10.8 Å². The Hall–Kier alpha value is -2.17. The molecule has 2 aromatic carbocycles. The van der Waals surface area contributed by atoms with Crippen molar-refractivity contribution >= 4 is 32.3 Å². The van der Waals surface area contributed by atoms with Gasteiger partial charge in [0, 0.05) is 16.2 Å². The van der Waals surface area contributed by atoms with Crippen LogP contribution in [0.4, 0.5) is 0 Å². The van der Waals surface area contributed by atoms with E-state index in [0.717, 1.165) is 32.6 Å². The molecule has 4 heteroatoms.